The molecule has 4 aromatic rings. The molecule has 34 heavy (non-hydrogen) atoms. The van der Waals surface area contributed by atoms with E-state index < -0.39 is 11.5 Å². The number of anilines is 1. The molecule has 2 aromatic heterocycles. The van der Waals surface area contributed by atoms with Crippen molar-refractivity contribution in [2.24, 2.45) is 0 Å². The molecule has 6 nitrogen and oxygen atoms in total. The third kappa shape index (κ3) is 5.52. The Morgan fingerprint density at radius 3 is 2.47 bits per heavy atom. The first kappa shape index (κ1) is 22.8. The Morgan fingerprint density at radius 2 is 1.79 bits per heavy atom. The number of amides is 1. The number of ether oxygens (including phenoxy) is 1. The lowest BCUT2D eigenvalue weighted by atomic mass is 9.98. The molecule has 1 amide bonds. The fourth-order valence-electron chi connectivity index (χ4n) is 3.24. The van der Waals surface area contributed by atoms with Crippen LogP contribution in [0.5, 0.6) is 5.75 Å². The molecule has 0 fully saturated rings. The van der Waals surface area contributed by atoms with E-state index >= 15 is 0 Å². The Labute approximate surface area is 198 Å². The van der Waals surface area contributed by atoms with Gasteiger partial charge in [-0.3, -0.25) is 14.8 Å². The number of halogens is 3. The summed E-state index contributed by atoms with van der Waals surface area (Å²) in [6.07, 6.45) is 4.72. The smallest absolute Gasteiger partial charge is 0.420 e. The molecule has 0 aliphatic carbocycles. The van der Waals surface area contributed by atoms with Gasteiger partial charge in [0.1, 0.15) is 5.75 Å². The Bertz CT molecular complexity index is 1370. The van der Waals surface area contributed by atoms with Crippen molar-refractivity contribution in [3.8, 4) is 34.2 Å². The summed E-state index contributed by atoms with van der Waals surface area (Å²) in [5.74, 6) is -0.603. The second kappa shape index (κ2) is 9.65. The second-order valence-electron chi connectivity index (χ2n) is 7.08. The zero-order valence-corrected chi connectivity index (χ0v) is 18.1. The van der Waals surface area contributed by atoms with Gasteiger partial charge in [0.15, 0.2) is 0 Å². The fraction of sp³-hybridized carbons (Fsp3) is 0.0400. The molecule has 0 radical (unpaired) electrons. The monoisotopic (exact) mass is 476 g/mol. The van der Waals surface area contributed by atoms with Gasteiger partial charge in [-0.05, 0) is 48.5 Å². The number of hydrogen-bond acceptors (Lipinski definition) is 5. The van der Waals surface area contributed by atoms with Crippen LogP contribution in [-0.2, 0) is 0 Å². The zero-order valence-electron chi connectivity index (χ0n) is 17.4. The molecule has 0 saturated heterocycles. The lowest BCUT2D eigenvalue weighted by Gasteiger charge is -2.13. The summed E-state index contributed by atoms with van der Waals surface area (Å²) in [7, 11) is 0. The summed E-state index contributed by atoms with van der Waals surface area (Å²) in [5.41, 5.74) is -0.00226. The number of alkyl halides is 3. The van der Waals surface area contributed by atoms with Crippen LogP contribution >= 0.6 is 11.6 Å². The number of aromatic nitrogens is 2. The number of nitrogens with one attached hydrogen (secondary N) is 1. The van der Waals surface area contributed by atoms with Crippen molar-refractivity contribution < 1.29 is 18.3 Å². The van der Waals surface area contributed by atoms with Gasteiger partial charge in [-0.15, -0.1) is 8.78 Å². The van der Waals surface area contributed by atoms with Crippen molar-refractivity contribution in [2.45, 2.75) is 5.57 Å². The lowest BCUT2D eigenvalue weighted by molar-refractivity contribution is -0.0964. The SMILES string of the molecule is N#Cc1cccc(-c2ncc(C(=O)Nc3ccc(OC(F)(F)Cl)cc3)cc2-c2cccnc2)c1. The van der Waals surface area contributed by atoms with E-state index in [1.54, 1.807) is 42.7 Å². The van der Waals surface area contributed by atoms with Crippen molar-refractivity contribution in [1.29, 1.82) is 5.26 Å². The minimum atomic E-state index is -3.83. The molecule has 0 aliphatic heterocycles. The van der Waals surface area contributed by atoms with Crippen LogP contribution in [-0.4, -0.2) is 21.4 Å². The first-order valence-corrected chi connectivity index (χ1v) is 10.3. The van der Waals surface area contributed by atoms with Crippen molar-refractivity contribution in [2.75, 3.05) is 5.32 Å². The number of pyridine rings is 2. The fourth-order valence-corrected chi connectivity index (χ4v) is 3.33. The Hall–Kier alpha value is -4.35. The first-order valence-electron chi connectivity index (χ1n) is 9.90. The van der Waals surface area contributed by atoms with E-state index in [0.29, 0.717) is 22.5 Å². The van der Waals surface area contributed by atoms with Crippen molar-refractivity contribution >= 4 is 23.2 Å². The standard InChI is InChI=1S/C25H15ClF2N4O2/c26-25(27,28)34-21-8-6-20(7-9-21)32-24(33)19-12-22(18-5-2-10-30-14-18)23(31-15-19)17-4-1-3-16(11-17)13-29/h1-12,14-15H,(H,32,33). The van der Waals surface area contributed by atoms with E-state index in [9.17, 15) is 18.8 Å². The molecule has 168 valence electrons. The topological polar surface area (TPSA) is 87.9 Å². The van der Waals surface area contributed by atoms with Crippen molar-refractivity contribution in [1.82, 2.24) is 9.97 Å². The Balaban J connectivity index is 1.65. The number of benzene rings is 2. The molecule has 9 heteroatoms. The van der Waals surface area contributed by atoms with Crippen molar-refractivity contribution in [3.63, 3.8) is 0 Å². The number of nitriles is 1. The van der Waals surface area contributed by atoms with E-state index in [2.05, 4.69) is 26.1 Å². The van der Waals surface area contributed by atoms with E-state index in [-0.39, 0.29) is 11.3 Å². The van der Waals surface area contributed by atoms with Gasteiger partial charge in [0.25, 0.3) is 5.91 Å². The van der Waals surface area contributed by atoms with Crippen LogP contribution in [0.4, 0.5) is 14.5 Å². The molecule has 1 N–H and O–H groups in total. The van der Waals surface area contributed by atoms with Crippen LogP contribution in [0.2, 0.25) is 0 Å². The van der Waals surface area contributed by atoms with Gasteiger partial charge in [-0.2, -0.15) is 5.26 Å². The summed E-state index contributed by atoms with van der Waals surface area (Å²) >= 11 is 4.76. The van der Waals surface area contributed by atoms with Crippen LogP contribution in [0, 0.1) is 11.3 Å². The molecular weight excluding hydrogens is 462 g/mol. The Morgan fingerprint density at radius 1 is 1.03 bits per heavy atom. The van der Waals surface area contributed by atoms with Gasteiger partial charge in [0.05, 0.1) is 22.9 Å². The van der Waals surface area contributed by atoms with Gasteiger partial charge < -0.3 is 10.1 Å². The van der Waals surface area contributed by atoms with Crippen LogP contribution in [0.1, 0.15) is 15.9 Å². The molecule has 0 saturated carbocycles. The van der Waals surface area contributed by atoms with Crippen molar-refractivity contribution in [3.05, 3.63) is 96.4 Å². The average Bonchev–Trinajstić information content (AvgIpc) is 2.84. The number of nitrogens with zero attached hydrogens (tertiary/aromatic N) is 3. The Kier molecular flexibility index (Phi) is 6.48. The molecule has 2 heterocycles. The van der Waals surface area contributed by atoms with Crippen LogP contribution in [0.15, 0.2) is 85.3 Å². The molecular formula is C25H15ClF2N4O2. The van der Waals surface area contributed by atoms with E-state index in [4.69, 9.17) is 11.6 Å². The molecule has 0 atom stereocenters. The number of carbonyl (C=O) groups is 1. The summed E-state index contributed by atoms with van der Waals surface area (Å²) < 4.78 is 29.8. The molecule has 0 bridgehead atoms. The molecule has 0 unspecified atom stereocenters. The highest BCUT2D eigenvalue weighted by atomic mass is 35.5. The number of hydrogen-bond donors (Lipinski definition) is 1. The maximum atomic E-state index is 12.9. The molecule has 0 spiro atoms. The highest BCUT2D eigenvalue weighted by Gasteiger charge is 2.27. The summed E-state index contributed by atoms with van der Waals surface area (Å²) in [6.45, 7) is 0. The summed E-state index contributed by atoms with van der Waals surface area (Å²) in [6, 6.07) is 19.7. The molecule has 0 aliphatic rings. The third-order valence-electron chi connectivity index (χ3n) is 4.73. The molecule has 2 aromatic carbocycles. The minimum Gasteiger partial charge on any atom is -0.420 e. The summed E-state index contributed by atoms with van der Waals surface area (Å²) in [4.78, 5) is 21.5. The normalized spacial score (nSPS) is 10.9. The van der Waals surface area contributed by atoms with Gasteiger partial charge in [-0.25, -0.2) is 0 Å². The maximum Gasteiger partial charge on any atom is 0.487 e. The minimum absolute atomic E-state index is 0.150. The van der Waals surface area contributed by atoms with Gasteiger partial charge in [0.2, 0.25) is 0 Å². The number of rotatable bonds is 6. The third-order valence-corrected chi connectivity index (χ3v) is 4.81. The highest BCUT2D eigenvalue weighted by molar-refractivity contribution is 6.20. The summed E-state index contributed by atoms with van der Waals surface area (Å²) in [5, 5.41) is 11.9. The first-order chi connectivity index (χ1) is 16.3. The van der Waals surface area contributed by atoms with Gasteiger partial charge in [-0.1, -0.05) is 18.2 Å². The van der Waals surface area contributed by atoms with Crippen LogP contribution in [0.25, 0.3) is 22.4 Å². The van der Waals surface area contributed by atoms with Gasteiger partial charge >= 0.3 is 5.57 Å². The van der Waals surface area contributed by atoms with Crippen LogP contribution < -0.4 is 10.1 Å². The predicted octanol–water partition coefficient (Wildman–Crippen LogP) is 6.10. The quantitative estimate of drug-likeness (QED) is 0.339. The average molecular weight is 477 g/mol. The molecule has 4 rings (SSSR count). The van der Waals surface area contributed by atoms with Gasteiger partial charge in [0, 0.05) is 52.6 Å². The lowest BCUT2D eigenvalue weighted by Crippen LogP contribution is -2.16. The van der Waals surface area contributed by atoms with E-state index in [1.165, 1.54) is 30.5 Å². The highest BCUT2D eigenvalue weighted by Crippen LogP contribution is 2.31. The van der Waals surface area contributed by atoms with E-state index in [1.807, 2.05) is 12.1 Å². The zero-order chi connectivity index (χ0) is 24.1. The van der Waals surface area contributed by atoms with E-state index in [0.717, 1.165) is 11.1 Å². The van der Waals surface area contributed by atoms with Crippen LogP contribution in [0.3, 0.4) is 0 Å². The predicted molar refractivity (Wildman–Crippen MR) is 123 cm³/mol. The second-order valence-corrected chi connectivity index (χ2v) is 7.52. The largest absolute Gasteiger partial charge is 0.487 e. The number of carbonyl (C=O) groups excluding carboxylic acids is 1. The maximum absolute atomic E-state index is 12.9.